The van der Waals surface area contributed by atoms with Crippen LogP contribution in [0.1, 0.15) is 98.2 Å². The molecule has 0 bridgehead atoms. The quantitative estimate of drug-likeness (QED) is 0.226. The molecule has 0 aromatic rings. The minimum atomic E-state index is -3.50. The van der Waals surface area contributed by atoms with E-state index in [-0.39, 0.29) is 50.0 Å². The van der Waals surface area contributed by atoms with Gasteiger partial charge in [0.05, 0.1) is 19.0 Å². The van der Waals surface area contributed by atoms with Gasteiger partial charge < -0.3 is 6.53 Å². The van der Waals surface area contributed by atoms with Gasteiger partial charge in [-0.25, -0.2) is 0 Å². The summed E-state index contributed by atoms with van der Waals surface area (Å²) in [7, 11) is -3.50. The normalized spacial score (nSPS) is 11.4. The summed E-state index contributed by atoms with van der Waals surface area (Å²) >= 11 is 0. The summed E-state index contributed by atoms with van der Waals surface area (Å²) in [5.74, 6) is -0.300. The first-order valence-electron chi connectivity index (χ1n) is 9.60. The van der Waals surface area contributed by atoms with Gasteiger partial charge in [0.15, 0.2) is 0 Å². The van der Waals surface area contributed by atoms with Crippen LogP contribution in [0, 0.1) is 0 Å². The van der Waals surface area contributed by atoms with E-state index in [2.05, 4.69) is 6.92 Å². The Labute approximate surface area is 174 Å². The van der Waals surface area contributed by atoms with Gasteiger partial charge >= 0.3 is 29.6 Å². The number of rotatable bonds is 18. The monoisotopic (exact) mass is 374 g/mol. The molecule has 0 saturated heterocycles. The molecule has 0 aliphatic heterocycles. The van der Waals surface area contributed by atoms with E-state index >= 15 is 0 Å². The van der Waals surface area contributed by atoms with Gasteiger partial charge in [0.25, 0.3) is 10.1 Å². The first kappa shape index (κ1) is 27.1. The van der Waals surface area contributed by atoms with Crippen molar-refractivity contribution in [1.29, 1.82) is 0 Å². The average molecular weight is 375 g/mol. The molecule has 0 fully saturated rings. The average Bonchev–Trinajstić information content (AvgIpc) is 2.51. The molecular weight excluding hydrogens is 335 g/mol. The van der Waals surface area contributed by atoms with Gasteiger partial charge in [-0.1, -0.05) is 90.4 Å². The summed E-state index contributed by atoms with van der Waals surface area (Å²) in [6, 6.07) is 0. The van der Waals surface area contributed by atoms with Crippen LogP contribution in [-0.4, -0.2) is 32.5 Å². The molecule has 6 heteroatoms. The zero-order valence-corrected chi connectivity index (χ0v) is 18.9. The molecule has 0 heterocycles. The van der Waals surface area contributed by atoms with E-state index in [0.29, 0.717) is 0 Å². The number of hydrogen-bond donors (Lipinski definition) is 1. The van der Waals surface area contributed by atoms with Crippen molar-refractivity contribution in [2.75, 3.05) is 19.0 Å². The van der Waals surface area contributed by atoms with Gasteiger partial charge in [-0.15, -0.1) is 0 Å². The van der Waals surface area contributed by atoms with Crippen LogP contribution in [0.4, 0.5) is 0 Å². The summed E-state index contributed by atoms with van der Waals surface area (Å²) in [5, 5.41) is 8.57. The van der Waals surface area contributed by atoms with Crippen molar-refractivity contribution in [2.45, 2.75) is 96.8 Å². The molecule has 0 rings (SSSR count). The fraction of sp³-hybridized carbons (Fsp3) is 1.00. The molecule has 0 saturated carbocycles. The molecule has 1 N–H and O–H groups in total. The van der Waals surface area contributed by atoms with Crippen LogP contribution in [0.2, 0.25) is 0 Å². The third-order valence-electron chi connectivity index (χ3n) is 4.10. The Balaban J connectivity index is -0.00000242. The predicted octanol–water partition coefficient (Wildman–Crippen LogP) is 1.92. The maximum absolute atomic E-state index is 11.2. The molecule has 0 unspecified atom stereocenters. The Morgan fingerprint density at radius 2 is 1.12 bits per heavy atom. The molecule has 0 atom stereocenters. The van der Waals surface area contributed by atoms with E-state index in [1.807, 2.05) is 0 Å². The first-order valence-corrected chi connectivity index (χ1v) is 11.2. The van der Waals surface area contributed by atoms with Crippen LogP contribution < -0.4 is 29.6 Å². The zero-order valence-electron chi connectivity index (χ0n) is 17.1. The van der Waals surface area contributed by atoms with Gasteiger partial charge in [0.2, 0.25) is 0 Å². The fourth-order valence-electron chi connectivity index (χ4n) is 2.65. The predicted molar refractivity (Wildman–Crippen MR) is 98.2 cm³/mol. The van der Waals surface area contributed by atoms with Crippen molar-refractivity contribution in [3.8, 4) is 0 Å². The zero-order chi connectivity index (χ0) is 17.2. The van der Waals surface area contributed by atoms with Crippen molar-refractivity contribution in [3.63, 3.8) is 0 Å². The molecule has 0 aliphatic rings. The van der Waals surface area contributed by atoms with E-state index in [1.165, 1.54) is 70.6 Å². The topological polar surface area (TPSA) is 63.6 Å². The maximum atomic E-state index is 11.2. The van der Waals surface area contributed by atoms with Crippen LogP contribution in [0.3, 0.4) is 0 Å². The molecule has 0 amide bonds. The minimum Gasteiger partial charge on any atom is -1.00 e. The van der Waals surface area contributed by atoms with Gasteiger partial charge in [0.1, 0.15) is 0 Å². The molecule has 0 aromatic carbocycles. The molecule has 0 aliphatic carbocycles. The summed E-state index contributed by atoms with van der Waals surface area (Å²) in [6.07, 6.45) is 17.9. The molecule has 142 valence electrons. The summed E-state index contributed by atoms with van der Waals surface area (Å²) in [5.41, 5.74) is 0. The third-order valence-corrected chi connectivity index (χ3v) is 5.31. The number of aliphatic hydroxyl groups excluding tert-OH is 1. The minimum absolute atomic E-state index is 0. The largest absolute Gasteiger partial charge is 1.00 e. The first-order chi connectivity index (χ1) is 11.1. The Hall–Kier alpha value is 0.870. The summed E-state index contributed by atoms with van der Waals surface area (Å²) in [6.45, 7) is 2.13. The van der Waals surface area contributed by atoms with Crippen molar-refractivity contribution < 1.29 is 48.7 Å². The van der Waals surface area contributed by atoms with Gasteiger partial charge in [-0.05, 0) is 6.42 Å². The van der Waals surface area contributed by atoms with Crippen LogP contribution in [0.5, 0.6) is 0 Å². The molecule has 0 radical (unpaired) electrons. The Morgan fingerprint density at radius 3 is 1.50 bits per heavy atom. The molecule has 0 spiro atoms. The SMILES string of the molecule is CCCCCCCCCCCCCCCCOS(=O)(=O)CCO.[H-].[Na+]. The number of hydrogen-bond acceptors (Lipinski definition) is 4. The van der Waals surface area contributed by atoms with Crippen molar-refractivity contribution in [2.24, 2.45) is 0 Å². The molecule has 4 nitrogen and oxygen atoms in total. The van der Waals surface area contributed by atoms with E-state index in [4.69, 9.17) is 9.29 Å². The second-order valence-corrected chi connectivity index (χ2v) is 8.16. The van der Waals surface area contributed by atoms with Gasteiger partial charge in [0, 0.05) is 0 Å². The molecule has 24 heavy (non-hydrogen) atoms. The van der Waals surface area contributed by atoms with Crippen LogP contribution >= 0.6 is 0 Å². The summed E-state index contributed by atoms with van der Waals surface area (Å²) in [4.78, 5) is 0. The van der Waals surface area contributed by atoms with E-state index < -0.39 is 10.1 Å². The van der Waals surface area contributed by atoms with E-state index in [9.17, 15) is 8.42 Å². The standard InChI is InChI=1S/C18H38O4S.Na.H/c1-2-3-4-5-6-7-8-9-10-11-12-13-14-15-17-22-23(20,21)18-16-19;;/h19H,2-18H2,1H3;;/q;+1;-1. The van der Waals surface area contributed by atoms with Crippen LogP contribution in [0.15, 0.2) is 0 Å². The third kappa shape index (κ3) is 20.9. The molecular formula is C18H39NaO4S. The van der Waals surface area contributed by atoms with E-state index in [1.54, 1.807) is 0 Å². The van der Waals surface area contributed by atoms with E-state index in [0.717, 1.165) is 19.3 Å². The smallest absolute Gasteiger partial charge is 1.00 e. The summed E-state index contributed by atoms with van der Waals surface area (Å²) < 4.78 is 27.2. The second kappa shape index (κ2) is 20.2. The van der Waals surface area contributed by atoms with Crippen molar-refractivity contribution in [3.05, 3.63) is 0 Å². The van der Waals surface area contributed by atoms with Crippen LogP contribution in [0.25, 0.3) is 0 Å². The van der Waals surface area contributed by atoms with Crippen LogP contribution in [-0.2, 0) is 14.3 Å². The second-order valence-electron chi connectivity index (χ2n) is 6.40. The number of aliphatic hydroxyl groups is 1. The van der Waals surface area contributed by atoms with Gasteiger partial charge in [-0.3, -0.25) is 4.18 Å². The molecule has 0 aromatic heterocycles. The number of unbranched alkanes of at least 4 members (excludes halogenated alkanes) is 13. The van der Waals surface area contributed by atoms with Gasteiger partial charge in [-0.2, -0.15) is 8.42 Å². The van der Waals surface area contributed by atoms with Crippen molar-refractivity contribution >= 4 is 10.1 Å². The Bertz CT molecular complexity index is 340. The van der Waals surface area contributed by atoms with Crippen molar-refractivity contribution in [1.82, 2.24) is 0 Å². The maximum Gasteiger partial charge on any atom is 1.00 e. The fourth-order valence-corrected chi connectivity index (χ4v) is 3.37. The Kier molecular flexibility index (Phi) is 22.8. The Morgan fingerprint density at radius 1 is 0.750 bits per heavy atom.